The molecule has 9 rings (SSSR count). The predicted molar refractivity (Wildman–Crippen MR) is 225 cm³/mol. The van der Waals surface area contributed by atoms with Crippen LogP contribution in [0.3, 0.4) is 0 Å². The van der Waals surface area contributed by atoms with E-state index in [4.69, 9.17) is 35.4 Å². The van der Waals surface area contributed by atoms with Crippen molar-refractivity contribution in [3.63, 3.8) is 0 Å². The van der Waals surface area contributed by atoms with Gasteiger partial charge < -0.3 is 29.0 Å². The predicted octanol–water partition coefficient (Wildman–Crippen LogP) is 7.91. The van der Waals surface area contributed by atoms with Crippen LogP contribution in [0.4, 0.5) is 15.0 Å². The van der Waals surface area contributed by atoms with Crippen LogP contribution in [-0.4, -0.2) is 99.8 Å². The standard InChI is InChI=1S/C42H41FN6O5.C2H4O.C2H6/c1-3-27-7-4-8-28-19-31(50)20-33(35(27)28)37-36(43)38-34(21-44-37)39(46-40(45-38)54-25-42-15-5-17-48(42)18-6-16-42)47-22-29-11-12-30(23-47)49(29)41(51)53-24-26-9-13-32(52-2)14-10-26;1-2-3;1-2/h1,4,7-10,13-14,19-21,29-30,50H,5-6,11-12,15-18,22-25H2,2H3;2H,1H3;1-2H3. The topological polar surface area (TPSA) is 130 Å². The number of ether oxygens (including phenoxy) is 3. The molecule has 4 fully saturated rings. The maximum absolute atomic E-state index is 17.1. The first kappa shape index (κ1) is 41.2. The fourth-order valence-electron chi connectivity index (χ4n) is 9.21. The summed E-state index contributed by atoms with van der Waals surface area (Å²) in [4.78, 5) is 43.0. The molecule has 2 aromatic heterocycles. The number of aromatic nitrogens is 3. The number of aromatic hydroxyl groups is 1. The molecule has 4 aliphatic heterocycles. The zero-order valence-electron chi connectivity index (χ0n) is 34.1. The lowest BCUT2D eigenvalue weighted by Gasteiger charge is -2.41. The average Bonchev–Trinajstić information content (AvgIpc) is 3.93. The van der Waals surface area contributed by atoms with Crippen molar-refractivity contribution in [3.8, 4) is 41.1 Å². The molecule has 3 aromatic carbocycles. The van der Waals surface area contributed by atoms with Crippen LogP contribution in [0, 0.1) is 18.2 Å². The molecule has 6 heterocycles. The molecule has 2 unspecified atom stereocenters. The van der Waals surface area contributed by atoms with Crippen LogP contribution in [0.1, 0.15) is 70.4 Å². The smallest absolute Gasteiger partial charge is 0.410 e. The summed E-state index contributed by atoms with van der Waals surface area (Å²) in [6, 6.07) is 15.8. The number of fused-ring (bicyclic) bond motifs is 5. The van der Waals surface area contributed by atoms with Crippen molar-refractivity contribution < 1.29 is 33.3 Å². The lowest BCUT2D eigenvalue weighted by atomic mass is 9.95. The largest absolute Gasteiger partial charge is 0.508 e. The summed E-state index contributed by atoms with van der Waals surface area (Å²) in [6.07, 6.45) is 13.8. The third-order valence-electron chi connectivity index (χ3n) is 11.8. The van der Waals surface area contributed by atoms with Crippen LogP contribution in [0.5, 0.6) is 17.5 Å². The normalized spacial score (nSPS) is 18.9. The Balaban J connectivity index is 0.00000101. The lowest BCUT2D eigenvalue weighted by Crippen LogP contribution is -2.56. The van der Waals surface area contributed by atoms with Crippen LogP contribution >= 0.6 is 0 Å². The number of phenolic OH excluding ortho intramolecular Hbond substituents is 1. The maximum Gasteiger partial charge on any atom is 0.410 e. The highest BCUT2D eigenvalue weighted by Crippen LogP contribution is 2.42. The number of piperazine rings is 1. The third-order valence-corrected chi connectivity index (χ3v) is 11.8. The van der Waals surface area contributed by atoms with Crippen molar-refractivity contribution in [2.75, 3.05) is 44.8 Å². The van der Waals surface area contributed by atoms with E-state index in [1.807, 2.05) is 49.1 Å². The first-order chi connectivity index (χ1) is 28.7. The highest BCUT2D eigenvalue weighted by molar-refractivity contribution is 6.02. The number of carbonyl (C=O) groups is 2. The Morgan fingerprint density at radius 3 is 2.41 bits per heavy atom. The number of nitrogens with zero attached hydrogens (tertiary/aromatic N) is 6. The van der Waals surface area contributed by atoms with E-state index < -0.39 is 5.82 Å². The zero-order chi connectivity index (χ0) is 41.7. The molecule has 12 nitrogen and oxygen atoms in total. The summed E-state index contributed by atoms with van der Waals surface area (Å²) in [7, 11) is 1.61. The summed E-state index contributed by atoms with van der Waals surface area (Å²) in [6.45, 7) is 9.06. The molecular formula is C46H51FN6O6. The minimum absolute atomic E-state index is 0.0162. The van der Waals surface area contributed by atoms with E-state index in [0.29, 0.717) is 52.8 Å². The molecule has 1 amide bonds. The third kappa shape index (κ3) is 8.06. The quantitative estimate of drug-likeness (QED) is 0.121. The van der Waals surface area contributed by atoms with Gasteiger partial charge in [0.05, 0.1) is 30.1 Å². The van der Waals surface area contributed by atoms with Crippen molar-refractivity contribution in [1.29, 1.82) is 0 Å². The van der Waals surface area contributed by atoms with Crippen molar-refractivity contribution in [2.45, 2.75) is 83.5 Å². The van der Waals surface area contributed by atoms with Gasteiger partial charge in [0, 0.05) is 35.8 Å². The van der Waals surface area contributed by atoms with Gasteiger partial charge >= 0.3 is 12.1 Å². The van der Waals surface area contributed by atoms with Gasteiger partial charge in [0.2, 0.25) is 0 Å². The Bertz CT molecular complexity index is 2340. The average molecular weight is 803 g/mol. The molecule has 0 spiro atoms. The number of aldehydes is 1. The first-order valence-corrected chi connectivity index (χ1v) is 20.5. The van der Waals surface area contributed by atoms with Crippen molar-refractivity contribution in [3.05, 3.63) is 77.7 Å². The van der Waals surface area contributed by atoms with Crippen molar-refractivity contribution in [2.24, 2.45) is 0 Å². The molecule has 2 atom stereocenters. The second-order valence-electron chi connectivity index (χ2n) is 15.1. The molecule has 5 aromatic rings. The summed E-state index contributed by atoms with van der Waals surface area (Å²) in [5, 5.41) is 12.4. The van der Waals surface area contributed by atoms with Gasteiger partial charge in [-0.3, -0.25) is 14.8 Å². The molecule has 4 aliphatic rings. The summed E-state index contributed by atoms with van der Waals surface area (Å²) in [5.74, 6) is 3.24. The fraction of sp³-hybridized carbons (Fsp3) is 0.413. The van der Waals surface area contributed by atoms with Gasteiger partial charge in [-0.15, -0.1) is 6.42 Å². The molecule has 2 bridgehead atoms. The van der Waals surface area contributed by atoms with Gasteiger partial charge in [-0.05, 0) is 99.8 Å². The van der Waals surface area contributed by atoms with Crippen LogP contribution in [-0.2, 0) is 16.1 Å². The second kappa shape index (κ2) is 17.9. The Morgan fingerprint density at radius 2 is 1.75 bits per heavy atom. The zero-order valence-corrected chi connectivity index (χ0v) is 34.1. The number of terminal acetylenes is 1. The monoisotopic (exact) mass is 802 g/mol. The Labute approximate surface area is 344 Å². The van der Waals surface area contributed by atoms with E-state index in [1.54, 1.807) is 31.5 Å². The van der Waals surface area contributed by atoms with E-state index >= 15 is 4.39 Å². The highest BCUT2D eigenvalue weighted by Gasteiger charge is 2.46. The van der Waals surface area contributed by atoms with Crippen LogP contribution in [0.2, 0.25) is 0 Å². The number of halogens is 1. The minimum atomic E-state index is -0.662. The Hall–Kier alpha value is -6.00. The molecule has 59 heavy (non-hydrogen) atoms. The number of phenols is 1. The van der Waals surface area contributed by atoms with Gasteiger partial charge in [0.15, 0.2) is 5.82 Å². The van der Waals surface area contributed by atoms with Crippen LogP contribution < -0.4 is 14.4 Å². The summed E-state index contributed by atoms with van der Waals surface area (Å²) >= 11 is 0. The maximum atomic E-state index is 17.1. The molecule has 308 valence electrons. The molecular weight excluding hydrogens is 752 g/mol. The number of hydrogen-bond donors (Lipinski definition) is 1. The fourth-order valence-corrected chi connectivity index (χ4v) is 9.21. The van der Waals surface area contributed by atoms with Gasteiger partial charge in [-0.1, -0.05) is 44.0 Å². The Morgan fingerprint density at radius 1 is 1.05 bits per heavy atom. The van der Waals surface area contributed by atoms with E-state index in [-0.39, 0.29) is 53.3 Å². The number of hydrogen-bond acceptors (Lipinski definition) is 11. The molecule has 0 saturated carbocycles. The van der Waals surface area contributed by atoms with Gasteiger partial charge in [-0.2, -0.15) is 9.97 Å². The number of rotatable bonds is 8. The number of amides is 1. The molecule has 1 N–H and O–H groups in total. The van der Waals surface area contributed by atoms with E-state index in [2.05, 4.69) is 20.7 Å². The van der Waals surface area contributed by atoms with E-state index in [1.165, 1.54) is 13.0 Å². The number of carbonyl (C=O) groups excluding carboxylic acids is 2. The van der Waals surface area contributed by atoms with Gasteiger partial charge in [-0.25, -0.2) is 9.18 Å². The van der Waals surface area contributed by atoms with Gasteiger partial charge in [0.1, 0.15) is 48.0 Å². The Kier molecular flexibility index (Phi) is 12.5. The van der Waals surface area contributed by atoms with E-state index in [9.17, 15) is 9.90 Å². The lowest BCUT2D eigenvalue weighted by molar-refractivity contribution is -0.106. The van der Waals surface area contributed by atoms with Crippen molar-refractivity contribution >= 4 is 39.9 Å². The molecule has 13 heteroatoms. The number of pyridine rings is 1. The number of anilines is 1. The molecule has 4 saturated heterocycles. The van der Waals surface area contributed by atoms with Crippen LogP contribution in [0.15, 0.2) is 60.8 Å². The number of benzene rings is 3. The first-order valence-electron chi connectivity index (χ1n) is 20.5. The highest BCUT2D eigenvalue weighted by atomic mass is 19.1. The van der Waals surface area contributed by atoms with E-state index in [0.717, 1.165) is 69.2 Å². The summed E-state index contributed by atoms with van der Waals surface area (Å²) < 4.78 is 34.6. The molecule has 0 radical (unpaired) electrons. The molecule has 0 aliphatic carbocycles. The number of methoxy groups -OCH3 is 1. The minimum Gasteiger partial charge on any atom is -0.508 e. The second-order valence-corrected chi connectivity index (χ2v) is 15.1. The SMILES string of the molecule is C#Cc1cccc2cc(O)cc(-c3ncc4c(N5CC6CCC(C5)N6C(=O)OCc5ccc(OC)cc5)nc(OCC56CCCN5CCC6)nc4c3F)c12.CC.CC=O. The summed E-state index contributed by atoms with van der Waals surface area (Å²) in [5.41, 5.74) is 1.81. The van der Waals surface area contributed by atoms with Crippen LogP contribution in [0.25, 0.3) is 32.9 Å². The van der Waals surface area contributed by atoms with Crippen molar-refractivity contribution in [1.82, 2.24) is 24.8 Å². The van der Waals surface area contributed by atoms with Gasteiger partial charge in [0.25, 0.3) is 0 Å².